The third-order valence-electron chi connectivity index (χ3n) is 3.48. The highest BCUT2D eigenvalue weighted by Gasteiger charge is 2.38. The van der Waals surface area contributed by atoms with Crippen molar-refractivity contribution in [3.8, 4) is 0 Å². The van der Waals surface area contributed by atoms with Crippen molar-refractivity contribution in [2.24, 2.45) is 0 Å². The molecule has 2 N–H and O–H groups in total. The molecular formula is C16H11Cl3F3N3O3. The van der Waals surface area contributed by atoms with Crippen molar-refractivity contribution >= 4 is 52.1 Å². The third kappa shape index (κ3) is 5.40. The fourth-order valence-electron chi connectivity index (χ4n) is 2.25. The molecule has 0 bridgehead atoms. The van der Waals surface area contributed by atoms with Crippen LogP contribution in [0.1, 0.15) is 15.9 Å². The molecule has 2 aromatic rings. The Balaban J connectivity index is 2.35. The number of nitrogens with one attached hydrogen (secondary N) is 2. The molecule has 0 fully saturated rings. The molecule has 150 valence electrons. The Morgan fingerprint density at radius 2 is 1.61 bits per heavy atom. The van der Waals surface area contributed by atoms with Gasteiger partial charge in [-0.05, 0) is 18.2 Å². The van der Waals surface area contributed by atoms with E-state index in [9.17, 15) is 28.1 Å². The van der Waals surface area contributed by atoms with E-state index in [0.717, 1.165) is 24.3 Å². The van der Waals surface area contributed by atoms with E-state index < -0.39 is 43.9 Å². The minimum Gasteiger partial charge on any atom is -0.361 e. The SMILES string of the molecule is O=C(N[C@@H](Nc1ccccc1C(F)(F)F)C(Cl)(Cl)Cl)c1ccccc1[N+](=O)[O-]. The van der Waals surface area contributed by atoms with E-state index >= 15 is 0 Å². The van der Waals surface area contributed by atoms with Crippen LogP contribution < -0.4 is 10.6 Å². The number of para-hydroxylation sites is 2. The molecule has 2 rings (SSSR count). The second-order valence-corrected chi connectivity index (χ2v) is 7.78. The Hall–Kier alpha value is -2.23. The number of nitro groups is 1. The van der Waals surface area contributed by atoms with Crippen LogP contribution in [0.25, 0.3) is 0 Å². The summed E-state index contributed by atoms with van der Waals surface area (Å²) in [5.74, 6) is -1.01. The summed E-state index contributed by atoms with van der Waals surface area (Å²) in [6, 6.07) is 9.35. The zero-order valence-electron chi connectivity index (χ0n) is 13.6. The molecule has 12 heteroatoms. The zero-order chi connectivity index (χ0) is 21.1. The van der Waals surface area contributed by atoms with Crippen LogP contribution >= 0.6 is 34.8 Å². The van der Waals surface area contributed by atoms with Gasteiger partial charge in [0.15, 0.2) is 0 Å². The lowest BCUT2D eigenvalue weighted by molar-refractivity contribution is -0.385. The van der Waals surface area contributed by atoms with Crippen LogP contribution in [0, 0.1) is 10.1 Å². The summed E-state index contributed by atoms with van der Waals surface area (Å²) in [4.78, 5) is 22.7. The van der Waals surface area contributed by atoms with E-state index in [4.69, 9.17) is 34.8 Å². The Bertz CT molecular complexity index is 888. The van der Waals surface area contributed by atoms with Crippen molar-refractivity contribution in [3.05, 3.63) is 69.8 Å². The van der Waals surface area contributed by atoms with Gasteiger partial charge in [0.1, 0.15) is 11.7 Å². The summed E-state index contributed by atoms with van der Waals surface area (Å²) in [6.07, 6.45) is -6.34. The molecule has 0 unspecified atom stereocenters. The standard InChI is InChI=1S/C16H11Cl3F3N3O3/c17-15(18,19)14(23-11-7-3-2-6-10(11)16(20,21)22)24-13(26)9-5-1-4-8-12(9)25(27)28/h1-8,14,23H,(H,24,26)/t14-/m1/s1. The van der Waals surface area contributed by atoms with Crippen molar-refractivity contribution in [3.63, 3.8) is 0 Å². The topological polar surface area (TPSA) is 84.3 Å². The van der Waals surface area contributed by atoms with Crippen LogP contribution in [-0.4, -0.2) is 20.8 Å². The first-order chi connectivity index (χ1) is 12.9. The molecule has 2 aromatic carbocycles. The lowest BCUT2D eigenvalue weighted by Gasteiger charge is -2.28. The number of halogens is 6. The van der Waals surface area contributed by atoms with Gasteiger partial charge in [-0.25, -0.2) is 0 Å². The molecule has 0 aromatic heterocycles. The number of anilines is 1. The molecule has 1 amide bonds. The van der Waals surface area contributed by atoms with Gasteiger partial charge < -0.3 is 10.6 Å². The number of hydrogen-bond acceptors (Lipinski definition) is 4. The van der Waals surface area contributed by atoms with Crippen LogP contribution in [0.3, 0.4) is 0 Å². The first kappa shape index (κ1) is 22.1. The van der Waals surface area contributed by atoms with Gasteiger partial charge in [-0.3, -0.25) is 14.9 Å². The first-order valence-electron chi connectivity index (χ1n) is 7.45. The maximum absolute atomic E-state index is 13.2. The van der Waals surface area contributed by atoms with E-state index in [-0.39, 0.29) is 5.56 Å². The van der Waals surface area contributed by atoms with Gasteiger partial charge in [0.05, 0.1) is 10.5 Å². The first-order valence-corrected chi connectivity index (χ1v) is 8.58. The molecule has 0 saturated carbocycles. The summed E-state index contributed by atoms with van der Waals surface area (Å²) in [7, 11) is 0. The fourth-order valence-corrected chi connectivity index (χ4v) is 2.57. The Morgan fingerprint density at radius 1 is 1.04 bits per heavy atom. The molecule has 0 spiro atoms. The summed E-state index contributed by atoms with van der Waals surface area (Å²) in [6.45, 7) is 0. The van der Waals surface area contributed by atoms with Crippen molar-refractivity contribution in [1.82, 2.24) is 5.32 Å². The highest BCUT2D eigenvalue weighted by Crippen LogP contribution is 2.37. The molecule has 0 aliphatic rings. The lowest BCUT2D eigenvalue weighted by atomic mass is 10.1. The van der Waals surface area contributed by atoms with Gasteiger partial charge in [0.25, 0.3) is 11.6 Å². The number of nitro benzene ring substituents is 1. The van der Waals surface area contributed by atoms with Crippen molar-refractivity contribution < 1.29 is 22.9 Å². The molecule has 0 aliphatic carbocycles. The van der Waals surface area contributed by atoms with Crippen molar-refractivity contribution in [2.75, 3.05) is 5.32 Å². The van der Waals surface area contributed by atoms with Crippen LogP contribution in [0.15, 0.2) is 48.5 Å². The van der Waals surface area contributed by atoms with E-state index in [1.807, 2.05) is 0 Å². The third-order valence-corrected chi connectivity index (χ3v) is 4.14. The van der Waals surface area contributed by atoms with Gasteiger partial charge in [-0.15, -0.1) is 0 Å². The minimum atomic E-state index is -4.70. The average molecular weight is 457 g/mol. The summed E-state index contributed by atoms with van der Waals surface area (Å²) < 4.78 is 37.2. The number of alkyl halides is 6. The Morgan fingerprint density at radius 3 is 2.18 bits per heavy atom. The van der Waals surface area contributed by atoms with Gasteiger partial charge in [-0.1, -0.05) is 59.1 Å². The van der Waals surface area contributed by atoms with E-state index in [1.165, 1.54) is 24.3 Å². The minimum absolute atomic E-state index is 0.349. The van der Waals surface area contributed by atoms with Crippen LogP contribution in [0.5, 0.6) is 0 Å². The summed E-state index contributed by atoms with van der Waals surface area (Å²) in [5, 5.41) is 15.6. The zero-order valence-corrected chi connectivity index (χ0v) is 15.9. The summed E-state index contributed by atoms with van der Waals surface area (Å²) >= 11 is 17.4. The van der Waals surface area contributed by atoms with Crippen molar-refractivity contribution in [2.45, 2.75) is 16.1 Å². The highest BCUT2D eigenvalue weighted by atomic mass is 35.6. The number of carbonyl (C=O) groups excluding carboxylic acids is 1. The quantitative estimate of drug-likeness (QED) is 0.282. The monoisotopic (exact) mass is 455 g/mol. The predicted octanol–water partition coefficient (Wildman–Crippen LogP) is 5.15. The number of rotatable bonds is 5. The molecule has 0 aliphatic heterocycles. The number of hydrogen-bond donors (Lipinski definition) is 2. The van der Waals surface area contributed by atoms with E-state index in [0.29, 0.717) is 0 Å². The molecular weight excluding hydrogens is 446 g/mol. The summed E-state index contributed by atoms with van der Waals surface area (Å²) in [5.41, 5.74) is -2.36. The smallest absolute Gasteiger partial charge is 0.361 e. The number of carbonyl (C=O) groups is 1. The van der Waals surface area contributed by atoms with Crippen LogP contribution in [0.2, 0.25) is 0 Å². The largest absolute Gasteiger partial charge is 0.418 e. The number of amides is 1. The van der Waals surface area contributed by atoms with Gasteiger partial charge >= 0.3 is 6.18 Å². The maximum atomic E-state index is 13.2. The number of benzene rings is 2. The van der Waals surface area contributed by atoms with Gasteiger partial charge in [0.2, 0.25) is 3.79 Å². The molecule has 0 saturated heterocycles. The second kappa shape index (κ2) is 8.42. The van der Waals surface area contributed by atoms with Crippen LogP contribution in [-0.2, 0) is 6.18 Å². The fraction of sp³-hybridized carbons (Fsp3) is 0.188. The molecule has 28 heavy (non-hydrogen) atoms. The van der Waals surface area contributed by atoms with Crippen molar-refractivity contribution in [1.29, 1.82) is 0 Å². The molecule has 6 nitrogen and oxygen atoms in total. The van der Waals surface area contributed by atoms with E-state index in [1.54, 1.807) is 0 Å². The molecule has 1 atom stereocenters. The highest BCUT2D eigenvalue weighted by molar-refractivity contribution is 6.68. The Labute approximate surface area is 171 Å². The predicted molar refractivity (Wildman–Crippen MR) is 99.7 cm³/mol. The second-order valence-electron chi connectivity index (χ2n) is 5.41. The van der Waals surface area contributed by atoms with Gasteiger partial charge in [-0.2, -0.15) is 13.2 Å². The van der Waals surface area contributed by atoms with Crippen LogP contribution in [0.4, 0.5) is 24.5 Å². The molecule has 0 heterocycles. The average Bonchev–Trinajstić information content (AvgIpc) is 2.59. The number of nitrogens with zero attached hydrogens (tertiary/aromatic N) is 1. The van der Waals surface area contributed by atoms with E-state index in [2.05, 4.69) is 10.6 Å². The van der Waals surface area contributed by atoms with Gasteiger partial charge in [0, 0.05) is 11.8 Å². The molecule has 0 radical (unpaired) electrons. The lowest BCUT2D eigenvalue weighted by Crippen LogP contribution is -2.49. The maximum Gasteiger partial charge on any atom is 0.418 e. The Kier molecular flexibility index (Phi) is 6.63. The normalized spacial score (nSPS) is 12.9.